The molecule has 0 radical (unpaired) electrons. The summed E-state index contributed by atoms with van der Waals surface area (Å²) in [6.07, 6.45) is 1.95. The number of carboxylic acids is 1. The smallest absolute Gasteiger partial charge is 0.324 e. The Balaban J connectivity index is 1.79. The van der Waals surface area contributed by atoms with Crippen LogP contribution in [0.2, 0.25) is 0 Å². The van der Waals surface area contributed by atoms with Crippen molar-refractivity contribution in [3.8, 4) is 5.75 Å². The van der Waals surface area contributed by atoms with E-state index in [1.807, 2.05) is 0 Å². The maximum absolute atomic E-state index is 13.0. The van der Waals surface area contributed by atoms with Crippen molar-refractivity contribution in [2.45, 2.75) is 43.6 Å². The van der Waals surface area contributed by atoms with Crippen LogP contribution in [0.3, 0.4) is 0 Å². The average Bonchev–Trinajstić information content (AvgIpc) is 3.12. The summed E-state index contributed by atoms with van der Waals surface area (Å²) in [5.41, 5.74) is 0.854. The number of hydrogen-bond acceptors (Lipinski definition) is 6. The third-order valence-electron chi connectivity index (χ3n) is 4.31. The molecule has 0 spiro atoms. The van der Waals surface area contributed by atoms with Crippen LogP contribution in [0.15, 0.2) is 52.2 Å². The zero-order valence-corrected chi connectivity index (χ0v) is 15.8. The molecule has 1 N–H and O–H groups in total. The Morgan fingerprint density at radius 2 is 1.96 bits per heavy atom. The van der Waals surface area contributed by atoms with Crippen LogP contribution < -0.4 is 4.74 Å². The Kier molecular flexibility index (Phi) is 5.54. The molecule has 0 saturated carbocycles. The lowest BCUT2D eigenvalue weighted by Crippen LogP contribution is -2.58. The molecule has 1 fully saturated rings. The van der Waals surface area contributed by atoms with Gasteiger partial charge in [0.2, 0.25) is 10.0 Å². The molecule has 2 aromatic rings. The van der Waals surface area contributed by atoms with E-state index in [1.165, 1.54) is 30.5 Å². The lowest BCUT2D eigenvalue weighted by molar-refractivity contribution is -0.155. The van der Waals surface area contributed by atoms with Gasteiger partial charge >= 0.3 is 5.97 Å². The molecule has 3 atom stereocenters. The lowest BCUT2D eigenvalue weighted by atomic mass is 10.1. The van der Waals surface area contributed by atoms with E-state index in [4.69, 9.17) is 13.9 Å². The minimum Gasteiger partial charge on any atom is -0.489 e. The van der Waals surface area contributed by atoms with Crippen molar-refractivity contribution >= 4 is 16.0 Å². The maximum Gasteiger partial charge on any atom is 0.324 e. The number of furan rings is 1. The molecular weight excluding hydrogens is 374 g/mol. The largest absolute Gasteiger partial charge is 0.489 e. The maximum atomic E-state index is 13.0. The van der Waals surface area contributed by atoms with Crippen LogP contribution in [0.25, 0.3) is 0 Å². The second-order valence-corrected chi connectivity index (χ2v) is 8.29. The third kappa shape index (κ3) is 4.15. The highest BCUT2D eigenvalue weighted by Crippen LogP contribution is 2.27. The summed E-state index contributed by atoms with van der Waals surface area (Å²) in [5, 5.41) is 9.47. The lowest BCUT2D eigenvalue weighted by Gasteiger charge is -2.39. The summed E-state index contributed by atoms with van der Waals surface area (Å²) in [4.78, 5) is 11.6. The number of sulfonamides is 1. The number of rotatable bonds is 6. The van der Waals surface area contributed by atoms with E-state index in [9.17, 15) is 18.3 Å². The van der Waals surface area contributed by atoms with Crippen LogP contribution in [-0.2, 0) is 26.2 Å². The summed E-state index contributed by atoms with van der Waals surface area (Å²) in [5.74, 6) is -0.744. The zero-order valence-electron chi connectivity index (χ0n) is 14.9. The highest BCUT2D eigenvalue weighted by atomic mass is 32.2. The minimum atomic E-state index is -4.00. The Hall–Kier alpha value is -2.36. The van der Waals surface area contributed by atoms with Gasteiger partial charge in [-0.2, -0.15) is 4.31 Å². The number of nitrogens with zero attached hydrogens (tertiary/aromatic N) is 1. The Labute approximate surface area is 157 Å². The molecule has 8 nitrogen and oxygen atoms in total. The average molecular weight is 395 g/mol. The van der Waals surface area contributed by atoms with Crippen LogP contribution >= 0.6 is 0 Å². The molecule has 0 aliphatic carbocycles. The van der Waals surface area contributed by atoms with Crippen LogP contribution in [0.4, 0.5) is 0 Å². The molecule has 3 rings (SSSR count). The van der Waals surface area contributed by atoms with Gasteiger partial charge in [-0.1, -0.05) is 0 Å². The van der Waals surface area contributed by atoms with E-state index in [0.717, 1.165) is 9.87 Å². The van der Waals surface area contributed by atoms with Gasteiger partial charge in [0.05, 0.1) is 29.6 Å². The molecular formula is C18H21NO7S. The summed E-state index contributed by atoms with van der Waals surface area (Å²) in [6, 6.07) is 6.38. The number of carboxylic acid groups (broad SMARTS) is 1. The van der Waals surface area contributed by atoms with E-state index >= 15 is 0 Å². The molecule has 0 unspecified atom stereocenters. The predicted octanol–water partition coefficient (Wildman–Crippen LogP) is 2.11. The quantitative estimate of drug-likeness (QED) is 0.798. The molecule has 1 aromatic carbocycles. The Morgan fingerprint density at radius 3 is 2.56 bits per heavy atom. The first-order valence-corrected chi connectivity index (χ1v) is 9.87. The van der Waals surface area contributed by atoms with Crippen LogP contribution in [0.1, 0.15) is 19.4 Å². The highest BCUT2D eigenvalue weighted by molar-refractivity contribution is 7.89. The van der Waals surface area contributed by atoms with Crippen LogP contribution in [0.5, 0.6) is 5.75 Å². The summed E-state index contributed by atoms with van der Waals surface area (Å²) >= 11 is 0. The number of hydrogen-bond donors (Lipinski definition) is 1. The van der Waals surface area contributed by atoms with E-state index in [1.54, 1.807) is 26.2 Å². The second kappa shape index (κ2) is 7.71. The molecule has 27 heavy (non-hydrogen) atoms. The molecule has 146 valence electrons. The number of morpholine rings is 1. The standard InChI is InChI=1S/C18H21NO7S/c1-12-9-19(17(18(20)21)13(2)26-12)27(22,23)16-5-3-15(4-6-16)25-11-14-7-8-24-10-14/h3-8,10,12-13,17H,9,11H2,1-2H3,(H,20,21)/t12-,13-,17+/m0/s1. The van der Waals surface area contributed by atoms with E-state index in [2.05, 4.69) is 0 Å². The highest BCUT2D eigenvalue weighted by Gasteiger charge is 2.44. The molecule has 1 aromatic heterocycles. The van der Waals surface area contributed by atoms with Gasteiger partial charge in [0.1, 0.15) is 18.4 Å². The number of aliphatic carboxylic acids is 1. The SMILES string of the molecule is C[C@@H]1O[C@@H](C)CN(S(=O)(=O)c2ccc(OCc3ccoc3)cc2)[C@H]1C(=O)O. The van der Waals surface area contributed by atoms with Crippen LogP contribution in [-0.4, -0.2) is 48.6 Å². The number of carbonyl (C=O) groups is 1. The number of benzene rings is 1. The van der Waals surface area contributed by atoms with Gasteiger partial charge in [-0.25, -0.2) is 8.42 Å². The van der Waals surface area contributed by atoms with Gasteiger partial charge in [-0.3, -0.25) is 4.79 Å². The predicted molar refractivity (Wildman–Crippen MR) is 94.8 cm³/mol. The van der Waals surface area contributed by atoms with Crippen molar-refractivity contribution in [3.63, 3.8) is 0 Å². The molecule has 0 amide bonds. The Bertz CT molecular complexity index is 877. The summed E-state index contributed by atoms with van der Waals surface area (Å²) in [6.45, 7) is 3.54. The molecule has 9 heteroatoms. The van der Waals surface area contributed by atoms with Gasteiger partial charge in [0, 0.05) is 12.1 Å². The van der Waals surface area contributed by atoms with Crippen molar-refractivity contribution in [3.05, 3.63) is 48.4 Å². The fraction of sp³-hybridized carbons (Fsp3) is 0.389. The topological polar surface area (TPSA) is 106 Å². The summed E-state index contributed by atoms with van der Waals surface area (Å²) < 4.78 is 43.0. The fourth-order valence-corrected chi connectivity index (χ4v) is 4.76. The van der Waals surface area contributed by atoms with Crippen molar-refractivity contribution in [2.24, 2.45) is 0 Å². The molecule has 1 aliphatic rings. The zero-order chi connectivity index (χ0) is 19.6. The monoisotopic (exact) mass is 395 g/mol. The third-order valence-corrected chi connectivity index (χ3v) is 6.17. The van der Waals surface area contributed by atoms with Crippen molar-refractivity contribution in [1.29, 1.82) is 0 Å². The van der Waals surface area contributed by atoms with Gasteiger partial charge < -0.3 is 19.0 Å². The first-order chi connectivity index (χ1) is 12.8. The van der Waals surface area contributed by atoms with E-state index in [0.29, 0.717) is 12.4 Å². The van der Waals surface area contributed by atoms with E-state index < -0.39 is 34.2 Å². The van der Waals surface area contributed by atoms with Crippen molar-refractivity contribution in [1.82, 2.24) is 4.31 Å². The number of ether oxygens (including phenoxy) is 2. The minimum absolute atomic E-state index is 0.00529. The first-order valence-electron chi connectivity index (χ1n) is 8.43. The Morgan fingerprint density at radius 1 is 1.26 bits per heavy atom. The van der Waals surface area contributed by atoms with Crippen molar-refractivity contribution < 1.29 is 32.2 Å². The van der Waals surface area contributed by atoms with Crippen molar-refractivity contribution in [2.75, 3.05) is 6.54 Å². The molecule has 2 heterocycles. The first kappa shape index (κ1) is 19.4. The normalized spacial score (nSPS) is 23.9. The molecule has 0 bridgehead atoms. The molecule has 1 aliphatic heterocycles. The molecule has 1 saturated heterocycles. The van der Waals surface area contributed by atoms with Gasteiger partial charge in [-0.05, 0) is 44.2 Å². The summed E-state index contributed by atoms with van der Waals surface area (Å²) in [7, 11) is -4.00. The van der Waals surface area contributed by atoms with Gasteiger partial charge in [0.25, 0.3) is 0 Å². The van der Waals surface area contributed by atoms with E-state index in [-0.39, 0.29) is 11.4 Å². The van der Waals surface area contributed by atoms with Gasteiger partial charge in [0.15, 0.2) is 0 Å². The fourth-order valence-electron chi connectivity index (χ4n) is 3.04. The second-order valence-electron chi connectivity index (χ2n) is 6.40. The van der Waals surface area contributed by atoms with Gasteiger partial charge in [-0.15, -0.1) is 0 Å². The van der Waals surface area contributed by atoms with Crippen LogP contribution in [0, 0.1) is 0 Å².